The summed E-state index contributed by atoms with van der Waals surface area (Å²) in [5, 5.41) is 3.82. The normalized spacial score (nSPS) is 11.8. The molecule has 0 saturated heterocycles. The molecule has 8 heteroatoms. The van der Waals surface area contributed by atoms with Crippen LogP contribution in [0.2, 0.25) is 0 Å². The van der Waals surface area contributed by atoms with Gasteiger partial charge in [0.2, 0.25) is 0 Å². The maximum absolute atomic E-state index is 12.5. The topological polar surface area (TPSA) is 53.9 Å². The van der Waals surface area contributed by atoms with E-state index in [0.717, 1.165) is 48.5 Å². The molecule has 1 amide bonds. The van der Waals surface area contributed by atoms with Crippen LogP contribution in [0, 0.1) is 0 Å². The van der Waals surface area contributed by atoms with Crippen LogP contribution >= 0.6 is 0 Å². The third-order valence-electron chi connectivity index (χ3n) is 3.75. The SMILES string of the molecule is CN(C)CCCOc1ccc(C=NNC(=O)c2ccc(C(F)(F)F)cc2)cc1. The van der Waals surface area contributed by atoms with Crippen LogP contribution in [-0.4, -0.2) is 44.3 Å². The highest BCUT2D eigenvalue weighted by atomic mass is 19.4. The summed E-state index contributed by atoms with van der Waals surface area (Å²) >= 11 is 0. The molecule has 1 N–H and O–H groups in total. The molecule has 2 aromatic rings. The Morgan fingerprint density at radius 3 is 2.32 bits per heavy atom. The summed E-state index contributed by atoms with van der Waals surface area (Å²) in [4.78, 5) is 14.0. The number of carbonyl (C=O) groups is 1. The van der Waals surface area contributed by atoms with E-state index in [4.69, 9.17) is 4.74 Å². The van der Waals surface area contributed by atoms with Gasteiger partial charge in [-0.2, -0.15) is 18.3 Å². The molecule has 0 unspecified atom stereocenters. The van der Waals surface area contributed by atoms with Gasteiger partial charge in [0.25, 0.3) is 5.91 Å². The smallest absolute Gasteiger partial charge is 0.416 e. The second kappa shape index (κ2) is 9.89. The van der Waals surface area contributed by atoms with Crippen molar-refractivity contribution in [3.63, 3.8) is 0 Å². The maximum Gasteiger partial charge on any atom is 0.416 e. The van der Waals surface area contributed by atoms with E-state index in [1.807, 2.05) is 14.1 Å². The first-order chi connectivity index (χ1) is 13.3. The summed E-state index contributed by atoms with van der Waals surface area (Å²) in [6, 6.07) is 11.1. The highest BCUT2D eigenvalue weighted by molar-refractivity contribution is 5.94. The van der Waals surface area contributed by atoms with Crippen molar-refractivity contribution in [2.24, 2.45) is 5.10 Å². The first kappa shape index (κ1) is 21.4. The van der Waals surface area contributed by atoms with E-state index in [1.165, 1.54) is 6.21 Å². The molecule has 0 spiro atoms. The second-order valence-electron chi connectivity index (χ2n) is 6.35. The highest BCUT2D eigenvalue weighted by Gasteiger charge is 2.30. The Hall–Kier alpha value is -2.87. The molecule has 0 aliphatic carbocycles. The molecule has 0 aliphatic rings. The Morgan fingerprint density at radius 2 is 1.75 bits per heavy atom. The van der Waals surface area contributed by atoms with E-state index in [2.05, 4.69) is 15.4 Å². The van der Waals surface area contributed by atoms with Gasteiger partial charge >= 0.3 is 6.18 Å². The molecule has 150 valence electrons. The molecule has 0 heterocycles. The molecule has 0 atom stereocenters. The van der Waals surface area contributed by atoms with Gasteiger partial charge in [-0.15, -0.1) is 0 Å². The van der Waals surface area contributed by atoms with Crippen LogP contribution in [0.25, 0.3) is 0 Å². The summed E-state index contributed by atoms with van der Waals surface area (Å²) < 4.78 is 43.2. The minimum atomic E-state index is -4.44. The lowest BCUT2D eigenvalue weighted by Gasteiger charge is -2.10. The summed E-state index contributed by atoms with van der Waals surface area (Å²) in [5.41, 5.74) is 2.31. The Kier molecular flexibility index (Phi) is 7.57. The van der Waals surface area contributed by atoms with Crippen molar-refractivity contribution in [3.8, 4) is 5.75 Å². The third kappa shape index (κ3) is 7.03. The predicted octanol–water partition coefficient (Wildman–Crippen LogP) is 3.80. The van der Waals surface area contributed by atoms with Gasteiger partial charge in [0.05, 0.1) is 18.4 Å². The molecule has 0 aromatic heterocycles. The van der Waals surface area contributed by atoms with Crippen molar-refractivity contribution >= 4 is 12.1 Å². The fraction of sp³-hybridized carbons (Fsp3) is 0.300. The molecule has 0 bridgehead atoms. The average Bonchev–Trinajstić information content (AvgIpc) is 2.65. The van der Waals surface area contributed by atoms with Gasteiger partial charge in [-0.3, -0.25) is 4.79 Å². The zero-order valence-corrected chi connectivity index (χ0v) is 15.7. The number of hydrogen-bond acceptors (Lipinski definition) is 4. The minimum absolute atomic E-state index is 0.0895. The molecule has 0 radical (unpaired) electrons. The van der Waals surface area contributed by atoms with Crippen LogP contribution < -0.4 is 10.2 Å². The number of carbonyl (C=O) groups excluding carboxylic acids is 1. The van der Waals surface area contributed by atoms with E-state index < -0.39 is 17.6 Å². The van der Waals surface area contributed by atoms with Gasteiger partial charge in [0.1, 0.15) is 5.75 Å². The molecule has 28 heavy (non-hydrogen) atoms. The lowest BCUT2D eigenvalue weighted by atomic mass is 10.1. The van der Waals surface area contributed by atoms with Crippen molar-refractivity contribution in [2.45, 2.75) is 12.6 Å². The fourth-order valence-corrected chi connectivity index (χ4v) is 2.26. The number of alkyl halides is 3. The van der Waals surface area contributed by atoms with Gasteiger partial charge < -0.3 is 9.64 Å². The minimum Gasteiger partial charge on any atom is -0.494 e. The Morgan fingerprint density at radius 1 is 1.11 bits per heavy atom. The van der Waals surface area contributed by atoms with Gasteiger partial charge in [-0.25, -0.2) is 5.43 Å². The highest BCUT2D eigenvalue weighted by Crippen LogP contribution is 2.29. The zero-order chi connectivity index (χ0) is 20.6. The maximum atomic E-state index is 12.5. The monoisotopic (exact) mass is 393 g/mol. The van der Waals surface area contributed by atoms with Gasteiger partial charge in [-0.1, -0.05) is 0 Å². The second-order valence-corrected chi connectivity index (χ2v) is 6.35. The van der Waals surface area contributed by atoms with E-state index >= 15 is 0 Å². The predicted molar refractivity (Wildman–Crippen MR) is 102 cm³/mol. The van der Waals surface area contributed by atoms with Crippen molar-refractivity contribution in [1.29, 1.82) is 0 Å². The number of benzene rings is 2. The average molecular weight is 393 g/mol. The summed E-state index contributed by atoms with van der Waals surface area (Å²) in [6.07, 6.45) is -2.07. The number of halogens is 3. The number of rotatable bonds is 8. The molecule has 2 aromatic carbocycles. The van der Waals surface area contributed by atoms with Crippen LogP contribution in [0.5, 0.6) is 5.75 Å². The van der Waals surface area contributed by atoms with Crippen molar-refractivity contribution in [3.05, 3.63) is 65.2 Å². The van der Waals surface area contributed by atoms with Crippen molar-refractivity contribution < 1.29 is 22.7 Å². The van der Waals surface area contributed by atoms with E-state index in [9.17, 15) is 18.0 Å². The van der Waals surface area contributed by atoms with Gasteiger partial charge in [-0.05, 0) is 74.6 Å². The van der Waals surface area contributed by atoms with Crippen LogP contribution in [0.4, 0.5) is 13.2 Å². The van der Waals surface area contributed by atoms with E-state index in [1.54, 1.807) is 24.3 Å². The largest absolute Gasteiger partial charge is 0.494 e. The van der Waals surface area contributed by atoms with E-state index in [-0.39, 0.29) is 5.56 Å². The number of nitrogens with one attached hydrogen (secondary N) is 1. The quantitative estimate of drug-likeness (QED) is 0.422. The lowest BCUT2D eigenvalue weighted by Crippen LogP contribution is -2.18. The first-order valence-corrected chi connectivity index (χ1v) is 8.64. The number of ether oxygens (including phenoxy) is 1. The Bertz CT molecular complexity index is 786. The van der Waals surface area contributed by atoms with Crippen LogP contribution in [-0.2, 0) is 6.18 Å². The number of hydrogen-bond donors (Lipinski definition) is 1. The summed E-state index contributed by atoms with van der Waals surface area (Å²) in [5.74, 6) is 0.149. The van der Waals surface area contributed by atoms with Gasteiger partial charge in [0, 0.05) is 12.1 Å². The molecule has 2 rings (SSSR count). The Balaban J connectivity index is 1.82. The van der Waals surface area contributed by atoms with Crippen LogP contribution in [0.3, 0.4) is 0 Å². The summed E-state index contributed by atoms with van der Waals surface area (Å²) in [7, 11) is 4.01. The number of nitrogens with zero attached hydrogens (tertiary/aromatic N) is 2. The van der Waals surface area contributed by atoms with E-state index in [0.29, 0.717) is 6.61 Å². The lowest BCUT2D eigenvalue weighted by molar-refractivity contribution is -0.137. The van der Waals surface area contributed by atoms with Crippen molar-refractivity contribution in [2.75, 3.05) is 27.2 Å². The number of hydrazone groups is 1. The third-order valence-corrected chi connectivity index (χ3v) is 3.75. The molecule has 0 saturated carbocycles. The van der Waals surface area contributed by atoms with Crippen molar-refractivity contribution in [1.82, 2.24) is 10.3 Å². The molecule has 5 nitrogen and oxygen atoms in total. The first-order valence-electron chi connectivity index (χ1n) is 8.64. The van der Waals surface area contributed by atoms with Crippen LogP contribution in [0.1, 0.15) is 27.9 Å². The van der Waals surface area contributed by atoms with Crippen LogP contribution in [0.15, 0.2) is 53.6 Å². The molecule has 0 fully saturated rings. The summed E-state index contributed by atoms with van der Waals surface area (Å²) in [6.45, 7) is 1.57. The Labute approximate surface area is 161 Å². The molecule has 0 aliphatic heterocycles. The van der Waals surface area contributed by atoms with Gasteiger partial charge in [0.15, 0.2) is 0 Å². The standard InChI is InChI=1S/C20H22F3N3O2/c1-26(2)12-3-13-28-18-10-4-15(5-11-18)14-24-25-19(27)16-6-8-17(9-7-16)20(21,22)23/h4-11,14H,3,12-13H2,1-2H3,(H,25,27). The number of amides is 1. The molecular formula is C20H22F3N3O2. The molecular weight excluding hydrogens is 371 g/mol. The zero-order valence-electron chi connectivity index (χ0n) is 15.7. The fourth-order valence-electron chi connectivity index (χ4n) is 2.26.